The van der Waals surface area contributed by atoms with E-state index in [1.54, 1.807) is 12.7 Å². The van der Waals surface area contributed by atoms with Crippen molar-refractivity contribution in [2.45, 2.75) is 37.6 Å². The number of hydrogen-bond donors (Lipinski definition) is 0. The molecule has 26 heavy (non-hydrogen) atoms. The third-order valence-electron chi connectivity index (χ3n) is 5.09. The third-order valence-corrected chi connectivity index (χ3v) is 5.09. The number of ether oxygens (including phenoxy) is 2. The lowest BCUT2D eigenvalue weighted by Crippen LogP contribution is -2.44. The lowest BCUT2D eigenvalue weighted by atomic mass is 9.99. The molecule has 3 heterocycles. The van der Waals surface area contributed by atoms with Crippen LogP contribution < -0.4 is 0 Å². The van der Waals surface area contributed by atoms with Gasteiger partial charge in [0.05, 0.1) is 37.5 Å². The maximum Gasteiger partial charge on any atom is 0.137 e. The van der Waals surface area contributed by atoms with Crippen LogP contribution >= 0.6 is 0 Å². The molecule has 0 saturated carbocycles. The Morgan fingerprint density at radius 2 is 2.35 bits per heavy atom. The molecule has 0 radical (unpaired) electrons. The number of hydrogen-bond acceptors (Lipinski definition) is 6. The molecule has 2 saturated heterocycles. The van der Waals surface area contributed by atoms with Crippen LogP contribution in [0, 0.1) is 11.3 Å². The van der Waals surface area contributed by atoms with E-state index in [2.05, 4.69) is 27.1 Å². The Bertz CT molecular complexity index is 772. The molecule has 2 aliphatic rings. The fraction of sp³-hybridized carbons (Fsp3) is 0.526. The minimum absolute atomic E-state index is 0.141. The maximum atomic E-state index is 9.10. The van der Waals surface area contributed by atoms with Crippen molar-refractivity contribution in [1.82, 2.24) is 19.7 Å². The van der Waals surface area contributed by atoms with E-state index in [1.807, 2.05) is 22.9 Å². The van der Waals surface area contributed by atoms with Gasteiger partial charge in [-0.15, -0.1) is 0 Å². The Labute approximate surface area is 153 Å². The molecule has 0 N–H and O–H groups in total. The lowest BCUT2D eigenvalue weighted by molar-refractivity contribution is -0.0905. The molecule has 7 nitrogen and oxygen atoms in total. The number of nitriles is 1. The van der Waals surface area contributed by atoms with Gasteiger partial charge in [0.25, 0.3) is 0 Å². The molecular weight excluding hydrogens is 330 g/mol. The summed E-state index contributed by atoms with van der Waals surface area (Å²) in [5.74, 6) is 0. The number of benzene rings is 1. The summed E-state index contributed by atoms with van der Waals surface area (Å²) in [6.07, 6.45) is 5.41. The average Bonchev–Trinajstić information content (AvgIpc) is 3.25. The van der Waals surface area contributed by atoms with Crippen LogP contribution in [-0.2, 0) is 22.6 Å². The Hall–Kier alpha value is -2.27. The first-order valence-electron chi connectivity index (χ1n) is 9.04. The fourth-order valence-electron chi connectivity index (χ4n) is 3.90. The monoisotopic (exact) mass is 353 g/mol. The molecule has 0 unspecified atom stereocenters. The molecule has 2 atom stereocenters. The minimum atomic E-state index is -0.255. The van der Waals surface area contributed by atoms with Gasteiger partial charge in [0.2, 0.25) is 0 Å². The van der Waals surface area contributed by atoms with Gasteiger partial charge in [-0.25, -0.2) is 4.98 Å². The van der Waals surface area contributed by atoms with Crippen LogP contribution in [0.4, 0.5) is 0 Å². The summed E-state index contributed by atoms with van der Waals surface area (Å²) >= 11 is 0. The van der Waals surface area contributed by atoms with Crippen molar-refractivity contribution in [3.63, 3.8) is 0 Å². The van der Waals surface area contributed by atoms with E-state index in [0.29, 0.717) is 18.8 Å². The molecule has 136 valence electrons. The summed E-state index contributed by atoms with van der Waals surface area (Å²) in [6.45, 7) is 4.59. The highest BCUT2D eigenvalue weighted by Crippen LogP contribution is 2.34. The molecule has 2 fully saturated rings. The minimum Gasteiger partial charge on any atom is -0.377 e. The predicted octanol–water partition coefficient (Wildman–Crippen LogP) is 1.60. The number of rotatable bonds is 4. The van der Waals surface area contributed by atoms with Crippen LogP contribution in [0.25, 0.3) is 0 Å². The van der Waals surface area contributed by atoms with Crippen LogP contribution in [0.5, 0.6) is 0 Å². The van der Waals surface area contributed by atoms with Crippen LogP contribution in [0.1, 0.15) is 24.0 Å². The van der Waals surface area contributed by atoms with Crippen LogP contribution in [0.3, 0.4) is 0 Å². The largest absolute Gasteiger partial charge is 0.377 e. The van der Waals surface area contributed by atoms with Gasteiger partial charge in [0, 0.05) is 19.6 Å². The van der Waals surface area contributed by atoms with E-state index in [4.69, 9.17) is 14.7 Å². The molecule has 0 aliphatic carbocycles. The van der Waals surface area contributed by atoms with Gasteiger partial charge in [0.1, 0.15) is 18.3 Å². The molecule has 1 spiro atoms. The van der Waals surface area contributed by atoms with Gasteiger partial charge in [-0.2, -0.15) is 10.4 Å². The summed E-state index contributed by atoms with van der Waals surface area (Å²) in [4.78, 5) is 6.37. The fourth-order valence-corrected chi connectivity index (χ4v) is 3.90. The zero-order valence-corrected chi connectivity index (χ0v) is 14.8. The summed E-state index contributed by atoms with van der Waals surface area (Å²) in [5.41, 5.74) is 1.60. The van der Waals surface area contributed by atoms with Crippen molar-refractivity contribution in [2.24, 2.45) is 0 Å². The van der Waals surface area contributed by atoms with Crippen molar-refractivity contribution in [3.8, 4) is 6.07 Å². The van der Waals surface area contributed by atoms with Crippen LogP contribution in [0.2, 0.25) is 0 Å². The molecule has 2 aliphatic heterocycles. The zero-order valence-electron chi connectivity index (χ0n) is 14.8. The van der Waals surface area contributed by atoms with Gasteiger partial charge >= 0.3 is 0 Å². The summed E-state index contributed by atoms with van der Waals surface area (Å²) in [5, 5.41) is 13.3. The normalized spacial score (nSPS) is 26.7. The molecule has 2 aromatic rings. The van der Waals surface area contributed by atoms with Gasteiger partial charge < -0.3 is 9.47 Å². The maximum absolute atomic E-state index is 9.10. The number of nitrogens with zero attached hydrogens (tertiary/aromatic N) is 5. The topological polar surface area (TPSA) is 76.2 Å². The Balaban J connectivity index is 1.42. The summed E-state index contributed by atoms with van der Waals surface area (Å²) in [7, 11) is 0. The van der Waals surface area contributed by atoms with E-state index in [0.717, 1.165) is 44.6 Å². The summed E-state index contributed by atoms with van der Waals surface area (Å²) < 4.78 is 14.1. The summed E-state index contributed by atoms with van der Waals surface area (Å²) in [6, 6.07) is 10.0. The molecule has 4 rings (SSSR count). The highest BCUT2D eigenvalue weighted by Gasteiger charge is 2.43. The van der Waals surface area contributed by atoms with Crippen molar-refractivity contribution < 1.29 is 9.47 Å². The highest BCUT2D eigenvalue weighted by atomic mass is 16.6. The first-order valence-corrected chi connectivity index (χ1v) is 9.04. The second kappa shape index (κ2) is 7.54. The Morgan fingerprint density at radius 1 is 1.38 bits per heavy atom. The molecule has 1 aromatic carbocycles. The zero-order chi connectivity index (χ0) is 17.8. The lowest BCUT2D eigenvalue weighted by Gasteiger charge is -2.32. The van der Waals surface area contributed by atoms with Crippen LogP contribution in [-0.4, -0.2) is 57.7 Å². The quantitative estimate of drug-likeness (QED) is 0.831. The van der Waals surface area contributed by atoms with E-state index in [-0.39, 0.29) is 11.7 Å². The van der Waals surface area contributed by atoms with Crippen LogP contribution in [0.15, 0.2) is 36.9 Å². The van der Waals surface area contributed by atoms with E-state index < -0.39 is 0 Å². The molecule has 0 amide bonds. The van der Waals surface area contributed by atoms with Gasteiger partial charge in [-0.3, -0.25) is 9.58 Å². The second-order valence-corrected chi connectivity index (χ2v) is 7.15. The van der Waals surface area contributed by atoms with Crippen molar-refractivity contribution >= 4 is 0 Å². The standard InChI is InChI=1S/C19H23N5O2/c20-9-16-2-1-3-17(8-16)10-23-6-7-25-13-19(12-23)5-4-18(26-19)11-24-15-21-14-22-24/h1-3,8,14-15,18H,4-7,10-13H2/t18-,19+/m1/s1. The predicted molar refractivity (Wildman–Crippen MR) is 94.1 cm³/mol. The SMILES string of the molecule is N#Cc1cccc(CN2CCOC[C@]3(CC[C@H](Cn4cncn4)O3)C2)c1. The van der Waals surface area contributed by atoms with Crippen molar-refractivity contribution in [1.29, 1.82) is 5.26 Å². The Morgan fingerprint density at radius 3 is 3.19 bits per heavy atom. The third kappa shape index (κ3) is 3.93. The number of aromatic nitrogens is 3. The Kier molecular flexibility index (Phi) is 4.98. The first kappa shape index (κ1) is 17.2. The van der Waals surface area contributed by atoms with Crippen molar-refractivity contribution in [2.75, 3.05) is 26.3 Å². The highest BCUT2D eigenvalue weighted by molar-refractivity contribution is 5.32. The van der Waals surface area contributed by atoms with Gasteiger partial charge in [0.15, 0.2) is 0 Å². The molecular formula is C19H23N5O2. The van der Waals surface area contributed by atoms with E-state index in [9.17, 15) is 0 Å². The van der Waals surface area contributed by atoms with E-state index >= 15 is 0 Å². The molecule has 0 bridgehead atoms. The van der Waals surface area contributed by atoms with Gasteiger partial charge in [-0.1, -0.05) is 12.1 Å². The van der Waals surface area contributed by atoms with Crippen molar-refractivity contribution in [3.05, 3.63) is 48.0 Å². The molecule has 7 heteroatoms. The van der Waals surface area contributed by atoms with Gasteiger partial charge in [-0.05, 0) is 30.5 Å². The second-order valence-electron chi connectivity index (χ2n) is 7.15. The molecule has 1 aromatic heterocycles. The average molecular weight is 353 g/mol. The first-order chi connectivity index (χ1) is 12.7. The smallest absolute Gasteiger partial charge is 0.137 e. The van der Waals surface area contributed by atoms with E-state index in [1.165, 1.54) is 0 Å².